The van der Waals surface area contributed by atoms with E-state index in [1.165, 1.54) is 0 Å². The van der Waals surface area contributed by atoms with Crippen LogP contribution in [0.1, 0.15) is 43.0 Å². The minimum Gasteiger partial charge on any atom is -0.356 e. The Balaban J connectivity index is 1.46. The molecule has 0 bridgehead atoms. The Kier molecular flexibility index (Phi) is 4.58. The van der Waals surface area contributed by atoms with Gasteiger partial charge in [0.1, 0.15) is 0 Å². The Morgan fingerprint density at radius 2 is 1.90 bits per heavy atom. The van der Waals surface area contributed by atoms with Crippen molar-refractivity contribution >= 4 is 5.91 Å². The van der Waals surface area contributed by atoms with Crippen molar-refractivity contribution in [2.45, 2.75) is 38.5 Å². The summed E-state index contributed by atoms with van der Waals surface area (Å²) >= 11 is 0. The number of pyridine rings is 1. The smallest absolute Gasteiger partial charge is 0.225 e. The average Bonchev–Trinajstić information content (AvgIpc) is 3.54. The van der Waals surface area contributed by atoms with E-state index >= 15 is 0 Å². The molecule has 1 amide bonds. The lowest BCUT2D eigenvalue weighted by atomic mass is 9.90. The second kappa shape index (κ2) is 7.39. The molecule has 0 radical (unpaired) electrons. The lowest BCUT2D eigenvalue weighted by molar-refractivity contribution is -0.133. The molecule has 148 valence electrons. The van der Waals surface area contributed by atoms with Crippen molar-refractivity contribution < 1.29 is 9.32 Å². The summed E-state index contributed by atoms with van der Waals surface area (Å²) in [5.41, 5.74) is 3.62. The number of likely N-dealkylation sites (tertiary alicyclic amines) is 1. The zero-order chi connectivity index (χ0) is 19.8. The molecule has 0 unspecified atom stereocenters. The van der Waals surface area contributed by atoms with E-state index in [0.29, 0.717) is 17.5 Å². The van der Waals surface area contributed by atoms with Crippen molar-refractivity contribution in [2.24, 2.45) is 5.92 Å². The second-order valence-electron chi connectivity index (χ2n) is 7.93. The van der Waals surface area contributed by atoms with E-state index in [-0.39, 0.29) is 11.8 Å². The number of hydrogen-bond acceptors (Lipinski definition) is 6. The summed E-state index contributed by atoms with van der Waals surface area (Å²) < 4.78 is 5.52. The zero-order valence-electron chi connectivity index (χ0n) is 16.4. The largest absolute Gasteiger partial charge is 0.356 e. The van der Waals surface area contributed by atoms with E-state index in [9.17, 15) is 4.79 Å². The molecule has 1 aliphatic heterocycles. The van der Waals surface area contributed by atoms with Crippen LogP contribution in [0.25, 0.3) is 22.7 Å². The van der Waals surface area contributed by atoms with Crippen LogP contribution in [0.15, 0.2) is 41.3 Å². The third-order valence-corrected chi connectivity index (χ3v) is 5.77. The topological polar surface area (TPSA) is 85.0 Å². The van der Waals surface area contributed by atoms with Crippen molar-refractivity contribution in [1.82, 2.24) is 25.0 Å². The first-order chi connectivity index (χ1) is 14.2. The van der Waals surface area contributed by atoms with Gasteiger partial charge in [0.05, 0.1) is 17.0 Å². The van der Waals surface area contributed by atoms with Crippen molar-refractivity contribution in [3.8, 4) is 22.7 Å². The molecule has 0 aromatic carbocycles. The first-order valence-corrected chi connectivity index (χ1v) is 10.2. The molecular weight excluding hydrogens is 366 g/mol. The summed E-state index contributed by atoms with van der Waals surface area (Å²) in [5, 5.41) is 4.03. The first kappa shape index (κ1) is 18.0. The van der Waals surface area contributed by atoms with Crippen molar-refractivity contribution in [3.63, 3.8) is 0 Å². The lowest BCUT2D eigenvalue weighted by Crippen LogP contribution is -2.39. The van der Waals surface area contributed by atoms with E-state index in [4.69, 9.17) is 9.51 Å². The molecule has 2 aliphatic rings. The Hall–Kier alpha value is -3.09. The van der Waals surface area contributed by atoms with Crippen molar-refractivity contribution in [3.05, 3.63) is 48.2 Å². The number of aryl methyl sites for hydroxylation is 1. The van der Waals surface area contributed by atoms with E-state index in [0.717, 1.165) is 61.3 Å². The quantitative estimate of drug-likeness (QED) is 0.678. The number of nitrogens with zero attached hydrogens (tertiary/aromatic N) is 5. The highest BCUT2D eigenvalue weighted by Gasteiger charge is 2.36. The number of rotatable bonds is 4. The molecular formula is C22H23N5O2. The van der Waals surface area contributed by atoms with Crippen LogP contribution in [0.4, 0.5) is 0 Å². The summed E-state index contributed by atoms with van der Waals surface area (Å²) in [4.78, 5) is 28.0. The Labute approximate surface area is 169 Å². The van der Waals surface area contributed by atoms with E-state index in [1.807, 2.05) is 36.2 Å². The molecule has 7 heteroatoms. The molecule has 29 heavy (non-hydrogen) atoms. The van der Waals surface area contributed by atoms with Gasteiger partial charge in [-0.25, -0.2) is 9.97 Å². The predicted octanol–water partition coefficient (Wildman–Crippen LogP) is 3.62. The summed E-state index contributed by atoms with van der Waals surface area (Å²) in [6.07, 6.45) is 9.21. The van der Waals surface area contributed by atoms with Crippen LogP contribution < -0.4 is 0 Å². The van der Waals surface area contributed by atoms with Gasteiger partial charge in [-0.3, -0.25) is 9.78 Å². The Bertz CT molecular complexity index is 1020. The number of amides is 1. The van der Waals surface area contributed by atoms with Crippen LogP contribution in [-0.4, -0.2) is 44.0 Å². The summed E-state index contributed by atoms with van der Waals surface area (Å²) in [6, 6.07) is 5.74. The van der Waals surface area contributed by atoms with Gasteiger partial charge in [0.2, 0.25) is 5.91 Å². The van der Waals surface area contributed by atoms with Crippen LogP contribution in [-0.2, 0) is 4.79 Å². The third kappa shape index (κ3) is 3.64. The molecule has 1 saturated heterocycles. The molecule has 7 nitrogen and oxygen atoms in total. The van der Waals surface area contributed by atoms with E-state index in [2.05, 4.69) is 15.1 Å². The van der Waals surface area contributed by atoms with E-state index in [1.54, 1.807) is 12.4 Å². The normalized spacial score (nSPS) is 17.5. The minimum atomic E-state index is 0.252. The van der Waals surface area contributed by atoms with Gasteiger partial charge in [-0.1, -0.05) is 5.16 Å². The number of carbonyl (C=O) groups excluding carboxylic acids is 1. The molecule has 5 rings (SSSR count). The molecule has 0 N–H and O–H groups in total. The van der Waals surface area contributed by atoms with Gasteiger partial charge in [-0.15, -0.1) is 0 Å². The number of piperidine rings is 1. The molecule has 2 fully saturated rings. The fourth-order valence-electron chi connectivity index (χ4n) is 3.99. The standard InChI is InChI=1S/C22H23N5O2/c1-14-12-19(29-26-14)18-13-24-21(16-4-8-23-9-5-16)25-20(18)15-6-10-27(11-7-15)22(28)17-2-3-17/h4-5,8-9,12-13,15,17H,2-3,6-7,10-11H2,1H3. The molecule has 0 spiro atoms. The summed E-state index contributed by atoms with van der Waals surface area (Å²) in [7, 11) is 0. The van der Waals surface area contributed by atoms with Gasteiger partial charge in [0, 0.05) is 55.1 Å². The second-order valence-corrected chi connectivity index (χ2v) is 7.93. The van der Waals surface area contributed by atoms with Gasteiger partial charge in [0.15, 0.2) is 11.6 Å². The number of hydrogen-bond donors (Lipinski definition) is 0. The predicted molar refractivity (Wildman–Crippen MR) is 107 cm³/mol. The van der Waals surface area contributed by atoms with Gasteiger partial charge < -0.3 is 9.42 Å². The highest BCUT2D eigenvalue weighted by Crippen LogP contribution is 2.37. The Morgan fingerprint density at radius 3 is 2.55 bits per heavy atom. The van der Waals surface area contributed by atoms with Gasteiger partial charge in [-0.05, 0) is 44.7 Å². The number of carbonyl (C=O) groups is 1. The highest BCUT2D eigenvalue weighted by atomic mass is 16.5. The van der Waals surface area contributed by atoms with Crippen LogP contribution >= 0.6 is 0 Å². The highest BCUT2D eigenvalue weighted by molar-refractivity contribution is 5.81. The molecule has 3 aromatic rings. The minimum absolute atomic E-state index is 0.252. The molecule has 1 aliphatic carbocycles. The maximum absolute atomic E-state index is 12.4. The average molecular weight is 389 g/mol. The summed E-state index contributed by atoms with van der Waals surface area (Å²) in [6.45, 7) is 3.47. The Morgan fingerprint density at radius 1 is 1.14 bits per heavy atom. The summed E-state index contributed by atoms with van der Waals surface area (Å²) in [5.74, 6) is 2.22. The van der Waals surface area contributed by atoms with Crippen LogP contribution in [0, 0.1) is 12.8 Å². The van der Waals surface area contributed by atoms with Crippen molar-refractivity contribution in [2.75, 3.05) is 13.1 Å². The molecule has 4 heterocycles. The molecule has 3 aromatic heterocycles. The first-order valence-electron chi connectivity index (χ1n) is 10.2. The maximum atomic E-state index is 12.4. The van der Waals surface area contributed by atoms with E-state index < -0.39 is 0 Å². The molecule has 1 saturated carbocycles. The third-order valence-electron chi connectivity index (χ3n) is 5.77. The fourth-order valence-corrected chi connectivity index (χ4v) is 3.99. The van der Waals surface area contributed by atoms with Gasteiger partial charge in [0.25, 0.3) is 0 Å². The monoisotopic (exact) mass is 389 g/mol. The SMILES string of the molecule is Cc1cc(-c2cnc(-c3ccncc3)nc2C2CCN(C(=O)C3CC3)CC2)on1. The zero-order valence-corrected chi connectivity index (χ0v) is 16.4. The van der Waals surface area contributed by atoms with Crippen molar-refractivity contribution in [1.29, 1.82) is 0 Å². The van der Waals surface area contributed by atoms with Crippen LogP contribution in [0.3, 0.4) is 0 Å². The van der Waals surface area contributed by atoms with Gasteiger partial charge in [-0.2, -0.15) is 0 Å². The van der Waals surface area contributed by atoms with Crippen LogP contribution in [0.5, 0.6) is 0 Å². The number of aromatic nitrogens is 4. The maximum Gasteiger partial charge on any atom is 0.225 e. The van der Waals surface area contributed by atoms with Crippen LogP contribution in [0.2, 0.25) is 0 Å². The molecule has 0 atom stereocenters. The lowest BCUT2D eigenvalue weighted by Gasteiger charge is -2.32. The fraction of sp³-hybridized carbons (Fsp3) is 0.409. The van der Waals surface area contributed by atoms with Gasteiger partial charge >= 0.3 is 0 Å².